The van der Waals surface area contributed by atoms with E-state index in [1.165, 1.54) is 22.3 Å². The van der Waals surface area contributed by atoms with Crippen LogP contribution in [0.25, 0.3) is 33.9 Å². The molecule has 4 aromatic rings. The molecule has 0 spiro atoms. The predicted octanol–water partition coefficient (Wildman–Crippen LogP) is 5.55. The number of aromatic amines is 2. The third-order valence-corrected chi connectivity index (χ3v) is 6.11. The van der Waals surface area contributed by atoms with Gasteiger partial charge in [-0.15, -0.1) is 0 Å². The first-order chi connectivity index (χ1) is 13.3. The minimum Gasteiger partial charge on any atom is -0.345 e. The fraction of sp³-hybridized carbons (Fsp3) is 0.217. The highest BCUT2D eigenvalue weighted by Crippen LogP contribution is 2.53. The van der Waals surface area contributed by atoms with E-state index in [0.717, 1.165) is 35.6 Å². The molecule has 4 nitrogen and oxygen atoms in total. The summed E-state index contributed by atoms with van der Waals surface area (Å²) in [6, 6.07) is 13.5. The number of nitrogens with zero attached hydrogens (tertiary/aromatic N) is 2. The normalized spacial score (nSPS) is 14.1. The van der Waals surface area contributed by atoms with Crippen LogP contribution in [0.4, 0.5) is 0 Å². The van der Waals surface area contributed by atoms with Crippen molar-refractivity contribution in [1.29, 1.82) is 0 Å². The Kier molecular flexibility index (Phi) is 3.54. The van der Waals surface area contributed by atoms with Crippen LogP contribution in [0.5, 0.6) is 0 Å². The highest BCUT2D eigenvalue weighted by molar-refractivity contribution is 5.85. The van der Waals surface area contributed by atoms with Crippen LogP contribution in [0.15, 0.2) is 61.2 Å². The highest BCUT2D eigenvalue weighted by atomic mass is 14.9. The summed E-state index contributed by atoms with van der Waals surface area (Å²) in [5.74, 6) is 1.84. The van der Waals surface area contributed by atoms with Crippen LogP contribution >= 0.6 is 0 Å². The number of aromatic nitrogens is 4. The molecule has 0 amide bonds. The monoisotopic (exact) mass is 354 g/mol. The van der Waals surface area contributed by atoms with Gasteiger partial charge in [-0.2, -0.15) is 0 Å². The van der Waals surface area contributed by atoms with Gasteiger partial charge < -0.3 is 9.97 Å². The van der Waals surface area contributed by atoms with Crippen molar-refractivity contribution in [3.05, 3.63) is 72.3 Å². The fourth-order valence-corrected chi connectivity index (χ4v) is 4.65. The number of H-pyrrole nitrogens is 2. The van der Waals surface area contributed by atoms with Crippen LogP contribution in [0.2, 0.25) is 0 Å². The lowest BCUT2D eigenvalue weighted by atomic mass is 9.73. The molecule has 134 valence electrons. The molecule has 0 atom stereocenters. The molecule has 0 fully saturated rings. The summed E-state index contributed by atoms with van der Waals surface area (Å²) < 4.78 is 0. The number of rotatable bonds is 4. The van der Waals surface area contributed by atoms with Crippen molar-refractivity contribution >= 4 is 0 Å². The smallest absolute Gasteiger partial charge is 0.137 e. The predicted molar refractivity (Wildman–Crippen MR) is 108 cm³/mol. The molecule has 5 rings (SSSR count). The molecule has 2 aromatic heterocycles. The molecule has 0 saturated carbocycles. The molecule has 1 aliphatic carbocycles. The third kappa shape index (κ3) is 2.23. The summed E-state index contributed by atoms with van der Waals surface area (Å²) in [5, 5.41) is 0. The van der Waals surface area contributed by atoms with Crippen LogP contribution in [-0.4, -0.2) is 19.9 Å². The van der Waals surface area contributed by atoms with E-state index in [-0.39, 0.29) is 5.41 Å². The maximum absolute atomic E-state index is 4.44. The third-order valence-electron chi connectivity index (χ3n) is 6.11. The largest absolute Gasteiger partial charge is 0.345 e. The Balaban J connectivity index is 1.73. The van der Waals surface area contributed by atoms with Crippen molar-refractivity contribution in [3.8, 4) is 33.9 Å². The van der Waals surface area contributed by atoms with Gasteiger partial charge >= 0.3 is 0 Å². The summed E-state index contributed by atoms with van der Waals surface area (Å²) in [6.07, 6.45) is 9.48. The van der Waals surface area contributed by atoms with Gasteiger partial charge in [-0.3, -0.25) is 0 Å². The second-order valence-electron chi connectivity index (χ2n) is 7.19. The quantitative estimate of drug-likeness (QED) is 0.504. The van der Waals surface area contributed by atoms with Crippen LogP contribution in [0.1, 0.15) is 37.8 Å². The Hall–Kier alpha value is -3.14. The fourth-order valence-electron chi connectivity index (χ4n) is 4.65. The second-order valence-corrected chi connectivity index (χ2v) is 7.19. The Labute approximate surface area is 158 Å². The van der Waals surface area contributed by atoms with Crippen LogP contribution in [0.3, 0.4) is 0 Å². The van der Waals surface area contributed by atoms with Crippen molar-refractivity contribution in [3.63, 3.8) is 0 Å². The first-order valence-corrected chi connectivity index (χ1v) is 9.56. The topological polar surface area (TPSA) is 57.4 Å². The molecule has 0 saturated heterocycles. The average Bonchev–Trinajstić information content (AvgIpc) is 3.46. The van der Waals surface area contributed by atoms with Gasteiger partial charge in [-0.1, -0.05) is 38.1 Å². The molecular formula is C23H22N4. The maximum atomic E-state index is 4.44. The van der Waals surface area contributed by atoms with Crippen LogP contribution < -0.4 is 0 Å². The molecule has 0 unspecified atom stereocenters. The summed E-state index contributed by atoms with van der Waals surface area (Å²) >= 11 is 0. The van der Waals surface area contributed by atoms with Gasteiger partial charge in [0, 0.05) is 41.3 Å². The van der Waals surface area contributed by atoms with Gasteiger partial charge in [0.1, 0.15) is 11.6 Å². The van der Waals surface area contributed by atoms with Crippen molar-refractivity contribution in [1.82, 2.24) is 19.9 Å². The first-order valence-electron chi connectivity index (χ1n) is 9.56. The van der Waals surface area contributed by atoms with E-state index in [1.54, 1.807) is 12.4 Å². The minimum absolute atomic E-state index is 0.0237. The molecule has 27 heavy (non-hydrogen) atoms. The molecule has 2 heterocycles. The number of fused-ring (bicyclic) bond motifs is 3. The van der Waals surface area contributed by atoms with E-state index in [1.807, 2.05) is 12.4 Å². The van der Waals surface area contributed by atoms with Crippen LogP contribution in [-0.2, 0) is 5.41 Å². The molecular weight excluding hydrogens is 332 g/mol. The summed E-state index contributed by atoms with van der Waals surface area (Å²) in [5.41, 5.74) is 7.81. The van der Waals surface area contributed by atoms with E-state index >= 15 is 0 Å². The van der Waals surface area contributed by atoms with E-state index in [0.29, 0.717) is 0 Å². The standard InChI is InChI=1S/C23H22N4/c1-3-23(4-2)19-13-15(21-24-9-10-25-21)5-7-17(19)18-8-6-16(14-20(18)23)22-26-11-12-27-22/h5-14H,3-4H2,1-2H3,(H,24,25)(H,26,27). The number of nitrogens with one attached hydrogen (secondary N) is 2. The Morgan fingerprint density at radius 1 is 0.741 bits per heavy atom. The zero-order chi connectivity index (χ0) is 18.4. The number of imidazole rings is 2. The Bertz CT molecular complexity index is 1000. The maximum Gasteiger partial charge on any atom is 0.137 e. The van der Waals surface area contributed by atoms with Crippen molar-refractivity contribution < 1.29 is 0 Å². The number of hydrogen-bond donors (Lipinski definition) is 2. The summed E-state index contributed by atoms with van der Waals surface area (Å²) in [7, 11) is 0. The van der Waals surface area contributed by atoms with Crippen molar-refractivity contribution in [2.24, 2.45) is 0 Å². The average molecular weight is 354 g/mol. The number of benzene rings is 2. The SMILES string of the molecule is CCC1(CC)c2cc(-c3ncc[nH]3)ccc2-c2ccc(-c3ncc[nH]3)cc21. The van der Waals surface area contributed by atoms with Crippen LogP contribution in [0, 0.1) is 0 Å². The van der Waals surface area contributed by atoms with Gasteiger partial charge in [0.15, 0.2) is 0 Å². The highest BCUT2D eigenvalue weighted by Gasteiger charge is 2.40. The molecule has 0 aliphatic heterocycles. The summed E-state index contributed by atoms with van der Waals surface area (Å²) in [6.45, 7) is 4.59. The summed E-state index contributed by atoms with van der Waals surface area (Å²) in [4.78, 5) is 15.3. The lowest BCUT2D eigenvalue weighted by molar-refractivity contribution is 0.490. The van der Waals surface area contributed by atoms with E-state index in [2.05, 4.69) is 70.2 Å². The number of hydrogen-bond acceptors (Lipinski definition) is 2. The lowest BCUT2D eigenvalue weighted by Crippen LogP contribution is -2.23. The van der Waals surface area contributed by atoms with E-state index < -0.39 is 0 Å². The van der Waals surface area contributed by atoms with E-state index in [9.17, 15) is 0 Å². The molecule has 1 aliphatic rings. The lowest BCUT2D eigenvalue weighted by Gasteiger charge is -2.30. The zero-order valence-electron chi connectivity index (χ0n) is 15.6. The zero-order valence-corrected chi connectivity index (χ0v) is 15.6. The van der Waals surface area contributed by atoms with Gasteiger partial charge in [0.25, 0.3) is 0 Å². The minimum atomic E-state index is 0.0237. The first kappa shape index (κ1) is 16.1. The van der Waals surface area contributed by atoms with Gasteiger partial charge in [-0.25, -0.2) is 9.97 Å². The molecule has 0 radical (unpaired) electrons. The second kappa shape index (κ2) is 5.95. The Morgan fingerprint density at radius 2 is 1.22 bits per heavy atom. The van der Waals surface area contributed by atoms with E-state index in [4.69, 9.17) is 0 Å². The van der Waals surface area contributed by atoms with Crippen molar-refractivity contribution in [2.75, 3.05) is 0 Å². The Morgan fingerprint density at radius 3 is 1.59 bits per heavy atom. The molecule has 2 aromatic carbocycles. The molecule has 4 heteroatoms. The van der Waals surface area contributed by atoms with Gasteiger partial charge in [-0.05, 0) is 47.2 Å². The molecule has 0 bridgehead atoms. The van der Waals surface area contributed by atoms with Gasteiger partial charge in [0.05, 0.1) is 0 Å². The molecule has 2 N–H and O–H groups in total. The van der Waals surface area contributed by atoms with Gasteiger partial charge in [0.2, 0.25) is 0 Å². The van der Waals surface area contributed by atoms with Crippen molar-refractivity contribution in [2.45, 2.75) is 32.1 Å².